The van der Waals surface area contributed by atoms with E-state index in [1.807, 2.05) is 20.8 Å². The first-order chi connectivity index (χ1) is 19.3. The number of benzene rings is 1. The third-order valence-corrected chi connectivity index (χ3v) is 8.37. The van der Waals surface area contributed by atoms with Crippen LogP contribution in [0.3, 0.4) is 0 Å². The molecule has 14 nitrogen and oxygen atoms in total. The van der Waals surface area contributed by atoms with Gasteiger partial charge in [0, 0.05) is 36.8 Å². The van der Waals surface area contributed by atoms with E-state index in [1.54, 1.807) is 25.1 Å². The zero-order chi connectivity index (χ0) is 31.6. The molecule has 0 aliphatic heterocycles. The Bertz CT molecular complexity index is 1430. The number of aliphatic hydroxyl groups is 2. The van der Waals surface area contributed by atoms with Crippen molar-refractivity contribution in [3.63, 3.8) is 0 Å². The molecule has 0 bridgehead atoms. The molecule has 0 heterocycles. The molecule has 2 saturated carbocycles. The van der Waals surface area contributed by atoms with Gasteiger partial charge in [-0.2, -0.15) is 0 Å². The van der Waals surface area contributed by atoms with Crippen molar-refractivity contribution in [2.75, 3.05) is 45.0 Å². The van der Waals surface area contributed by atoms with E-state index >= 15 is 0 Å². The number of carbonyl (C=O) groups excluding carboxylic acids is 5. The van der Waals surface area contributed by atoms with Gasteiger partial charge in [0.15, 0.2) is 23.1 Å². The number of carbonyl (C=O) groups is 5. The minimum Gasteiger partial charge on any atom is -0.507 e. The topological polar surface area (TPSA) is 234 Å². The van der Waals surface area contributed by atoms with Gasteiger partial charge in [0.2, 0.25) is 17.6 Å². The summed E-state index contributed by atoms with van der Waals surface area (Å²) in [5, 5.41) is 40.2. The summed E-state index contributed by atoms with van der Waals surface area (Å²) in [6.45, 7) is 5.61. The van der Waals surface area contributed by atoms with Crippen LogP contribution >= 0.6 is 0 Å². The van der Waals surface area contributed by atoms with E-state index in [0.29, 0.717) is 11.3 Å². The van der Waals surface area contributed by atoms with Gasteiger partial charge >= 0.3 is 0 Å². The number of fused-ring (bicyclic) bond motifs is 3. The number of amides is 2. The van der Waals surface area contributed by atoms with E-state index in [2.05, 4.69) is 10.6 Å². The van der Waals surface area contributed by atoms with E-state index < -0.39 is 70.1 Å². The second-order valence-electron chi connectivity index (χ2n) is 12.8. The third kappa shape index (κ3) is 5.39. The number of aliphatic hydroxyl groups excluding tert-OH is 1. The zero-order valence-electron chi connectivity index (χ0n) is 25.4. The normalized spacial score (nSPS) is 26.8. The SMILES string of the molecule is CN(C)c1cc(NC(=O)CNC(C)(C)C)c(O)c2c1C[C@H]1C[C@H]3[C@H](N(C)C)C(=O)C(C(N)=O)C(=O)[C@@]3(O)C(=O)C1=C2O.O. The Kier molecular flexibility index (Phi) is 8.87. The second-order valence-corrected chi connectivity index (χ2v) is 12.8. The van der Waals surface area contributed by atoms with Gasteiger partial charge in [0.1, 0.15) is 11.5 Å². The van der Waals surface area contributed by atoms with Crippen LogP contribution < -0.4 is 21.3 Å². The van der Waals surface area contributed by atoms with E-state index in [9.17, 15) is 39.3 Å². The Morgan fingerprint density at radius 1 is 1.12 bits per heavy atom. The number of rotatable bonds is 6. The molecular formula is C29H41N5O9. The summed E-state index contributed by atoms with van der Waals surface area (Å²) in [5.41, 5.74) is 2.84. The first-order valence-electron chi connectivity index (χ1n) is 13.7. The van der Waals surface area contributed by atoms with E-state index in [4.69, 9.17) is 5.73 Å². The molecule has 4 rings (SSSR count). The van der Waals surface area contributed by atoms with Crippen LogP contribution in [-0.4, -0.2) is 107 Å². The summed E-state index contributed by atoms with van der Waals surface area (Å²) in [5.74, 6) is -10.1. The zero-order valence-corrected chi connectivity index (χ0v) is 25.4. The number of Topliss-reactive ketones (excluding diaryl/α,β-unsaturated/α-hetero) is 3. The molecule has 0 spiro atoms. The summed E-state index contributed by atoms with van der Waals surface area (Å²) in [7, 11) is 6.56. The van der Waals surface area contributed by atoms with Crippen molar-refractivity contribution in [1.29, 1.82) is 0 Å². The van der Waals surface area contributed by atoms with Crippen molar-refractivity contribution in [2.24, 2.45) is 23.5 Å². The van der Waals surface area contributed by atoms with E-state index in [1.165, 1.54) is 19.0 Å². The van der Waals surface area contributed by atoms with Gasteiger partial charge in [-0.15, -0.1) is 0 Å². The molecule has 3 aliphatic carbocycles. The predicted molar refractivity (Wildman–Crippen MR) is 157 cm³/mol. The lowest BCUT2D eigenvalue weighted by molar-refractivity contribution is -0.175. The van der Waals surface area contributed by atoms with Crippen LogP contribution in [0.5, 0.6) is 5.75 Å². The number of phenolic OH excluding ortho intramolecular Hbond substituents is 1. The Hall–Kier alpha value is -3.85. The second kappa shape index (κ2) is 11.3. The number of likely N-dealkylation sites (N-methyl/N-ethyl adjacent to an activating group) is 1. The number of nitrogens with zero attached hydrogens (tertiary/aromatic N) is 2. The van der Waals surface area contributed by atoms with Crippen LogP contribution in [0.1, 0.15) is 38.3 Å². The molecule has 0 saturated heterocycles. The van der Waals surface area contributed by atoms with Gasteiger partial charge in [-0.3, -0.25) is 28.9 Å². The molecule has 3 aliphatic rings. The molecule has 2 fully saturated rings. The minimum absolute atomic E-state index is 0. The van der Waals surface area contributed by atoms with Crippen LogP contribution in [0.4, 0.5) is 11.4 Å². The van der Waals surface area contributed by atoms with E-state index in [-0.39, 0.29) is 47.2 Å². The van der Waals surface area contributed by atoms with Crippen LogP contribution in [0, 0.1) is 17.8 Å². The standard InChI is InChI=1S/C29H39N5O8.H2O/c1-28(2,3)31-11-17(35)32-15-10-16(33(4)5)13-8-12-9-14-21(34(6)7)24(38)20(27(30)41)26(40)29(14,42)25(39)18(12)23(37)19(13)22(15)36;/h10,12,14,20-21,31,36-37,42H,8-9,11H2,1-7H3,(H2,30,41)(H,32,35);1H2/t12-,14-,20?,21-,29-;/m0./s1. The van der Waals surface area contributed by atoms with Crippen molar-refractivity contribution >= 4 is 46.3 Å². The molecule has 43 heavy (non-hydrogen) atoms. The number of phenols is 1. The Morgan fingerprint density at radius 2 is 1.72 bits per heavy atom. The Labute approximate surface area is 249 Å². The molecular weight excluding hydrogens is 562 g/mol. The first kappa shape index (κ1) is 33.6. The number of primary amides is 1. The van der Waals surface area contributed by atoms with Crippen molar-refractivity contribution in [3.8, 4) is 5.75 Å². The van der Waals surface area contributed by atoms with Crippen LogP contribution in [0.2, 0.25) is 0 Å². The van der Waals surface area contributed by atoms with Gasteiger partial charge in [-0.1, -0.05) is 0 Å². The maximum atomic E-state index is 14.0. The number of ketones is 3. The summed E-state index contributed by atoms with van der Waals surface area (Å²) >= 11 is 0. The summed E-state index contributed by atoms with van der Waals surface area (Å²) in [6, 6.07) is 0.399. The number of nitrogens with two attached hydrogens (primary N) is 1. The fraction of sp³-hybridized carbons (Fsp3) is 0.552. The molecule has 9 N–H and O–H groups in total. The van der Waals surface area contributed by atoms with Gasteiger partial charge in [-0.25, -0.2) is 0 Å². The number of nitrogens with one attached hydrogen (secondary N) is 2. The highest BCUT2D eigenvalue weighted by atomic mass is 16.3. The molecule has 236 valence electrons. The average molecular weight is 604 g/mol. The van der Waals surface area contributed by atoms with Crippen molar-refractivity contribution in [1.82, 2.24) is 10.2 Å². The van der Waals surface area contributed by atoms with Crippen molar-refractivity contribution in [2.45, 2.75) is 50.8 Å². The minimum atomic E-state index is -2.80. The maximum Gasteiger partial charge on any atom is 0.238 e. The lowest BCUT2D eigenvalue weighted by Gasteiger charge is -2.51. The smallest absolute Gasteiger partial charge is 0.238 e. The molecule has 2 amide bonds. The van der Waals surface area contributed by atoms with Crippen LogP contribution in [0.25, 0.3) is 5.76 Å². The number of hydrogen-bond acceptors (Lipinski definition) is 11. The molecule has 0 radical (unpaired) electrons. The highest BCUT2D eigenvalue weighted by molar-refractivity contribution is 6.32. The number of anilines is 2. The molecule has 5 atom stereocenters. The van der Waals surface area contributed by atoms with Crippen LogP contribution in [-0.2, 0) is 30.4 Å². The van der Waals surface area contributed by atoms with Gasteiger partial charge in [0.25, 0.3) is 0 Å². The Morgan fingerprint density at radius 3 is 2.23 bits per heavy atom. The quantitative estimate of drug-likeness (QED) is 0.169. The van der Waals surface area contributed by atoms with Crippen molar-refractivity contribution in [3.05, 3.63) is 22.8 Å². The molecule has 1 unspecified atom stereocenters. The highest BCUT2D eigenvalue weighted by Crippen LogP contribution is 2.53. The Balaban J connectivity index is 0.00000506. The highest BCUT2D eigenvalue weighted by Gasteiger charge is 2.67. The maximum absolute atomic E-state index is 14.0. The molecule has 1 aromatic carbocycles. The summed E-state index contributed by atoms with van der Waals surface area (Å²) < 4.78 is 0. The molecule has 14 heteroatoms. The van der Waals surface area contributed by atoms with Crippen molar-refractivity contribution < 1.29 is 44.8 Å². The fourth-order valence-electron chi connectivity index (χ4n) is 6.47. The molecule has 1 aromatic rings. The number of aromatic hydroxyl groups is 1. The number of hydrogen-bond donors (Lipinski definition) is 6. The lowest BCUT2D eigenvalue weighted by atomic mass is 9.55. The molecule has 0 aromatic heterocycles. The van der Waals surface area contributed by atoms with Gasteiger partial charge < -0.3 is 42.1 Å². The predicted octanol–water partition coefficient (Wildman–Crippen LogP) is -1.09. The third-order valence-electron chi connectivity index (χ3n) is 8.37. The van der Waals surface area contributed by atoms with Gasteiger partial charge in [-0.05, 0) is 65.3 Å². The van der Waals surface area contributed by atoms with E-state index in [0.717, 1.165) is 0 Å². The summed E-state index contributed by atoms with van der Waals surface area (Å²) in [4.78, 5) is 68.7. The van der Waals surface area contributed by atoms with Crippen LogP contribution in [0.15, 0.2) is 11.6 Å². The first-order valence-corrected chi connectivity index (χ1v) is 13.7. The monoisotopic (exact) mass is 603 g/mol. The summed E-state index contributed by atoms with van der Waals surface area (Å²) in [6.07, 6.45) is 0.0766. The largest absolute Gasteiger partial charge is 0.507 e. The average Bonchev–Trinajstić information content (AvgIpc) is 2.85. The van der Waals surface area contributed by atoms with Gasteiger partial charge in [0.05, 0.1) is 23.8 Å². The lowest BCUT2D eigenvalue weighted by Crippen LogP contribution is -2.72. The fourth-order valence-corrected chi connectivity index (χ4v) is 6.47.